The Balaban J connectivity index is 2.29. The average molecular weight is 335 g/mol. The Kier molecular flexibility index (Phi) is 4.49. The highest BCUT2D eigenvalue weighted by atomic mass is 15.0. The van der Waals surface area contributed by atoms with E-state index in [0.29, 0.717) is 0 Å². The van der Waals surface area contributed by atoms with Crippen LogP contribution in [0.1, 0.15) is 51.7 Å². The molecule has 1 N–H and O–H groups in total. The number of rotatable bonds is 2. The van der Waals surface area contributed by atoms with Crippen LogP contribution in [-0.4, -0.2) is 13.3 Å². The van der Waals surface area contributed by atoms with Gasteiger partial charge in [-0.2, -0.15) is 0 Å². The van der Waals surface area contributed by atoms with Crippen molar-refractivity contribution in [3.05, 3.63) is 64.4 Å². The second-order valence-electron chi connectivity index (χ2n) is 8.19. The van der Waals surface area contributed by atoms with Gasteiger partial charge in [0.05, 0.1) is 0 Å². The molecule has 25 heavy (non-hydrogen) atoms. The lowest BCUT2D eigenvalue weighted by molar-refractivity contribution is 0.242. The zero-order valence-electron chi connectivity index (χ0n) is 16.4. The van der Waals surface area contributed by atoms with E-state index in [9.17, 15) is 0 Å². The second-order valence-corrected chi connectivity index (χ2v) is 8.19. The first-order chi connectivity index (χ1) is 11.8. The minimum absolute atomic E-state index is 0.0146. The number of nitrogens with one attached hydrogen (secondary N) is 1. The van der Waals surface area contributed by atoms with Gasteiger partial charge in [0.2, 0.25) is 0 Å². The maximum atomic E-state index is 4.38. The SMILES string of the molecule is C/N=C/C(C1=CCCC=C1)=C1\Nc2c(C)cccc2C(C)(C)C1(C)C. The summed E-state index contributed by atoms with van der Waals surface area (Å²) in [5, 5.41) is 3.81. The number of aliphatic imine (C=N–C) groups is 1. The molecule has 0 aromatic heterocycles. The van der Waals surface area contributed by atoms with Crippen LogP contribution in [-0.2, 0) is 5.41 Å². The van der Waals surface area contributed by atoms with Crippen LogP contribution in [0.15, 0.2) is 58.3 Å². The molecule has 1 aliphatic carbocycles. The first-order valence-electron chi connectivity index (χ1n) is 9.22. The van der Waals surface area contributed by atoms with Crippen LogP contribution in [0.25, 0.3) is 0 Å². The van der Waals surface area contributed by atoms with Gasteiger partial charge in [0.1, 0.15) is 0 Å². The van der Waals surface area contributed by atoms with Gasteiger partial charge >= 0.3 is 0 Å². The normalized spacial score (nSPS) is 23.0. The van der Waals surface area contributed by atoms with Gasteiger partial charge in [-0.1, -0.05) is 64.1 Å². The molecule has 1 heterocycles. The summed E-state index contributed by atoms with van der Waals surface area (Å²) in [6.07, 6.45) is 11.1. The monoisotopic (exact) mass is 334 g/mol. The maximum absolute atomic E-state index is 4.38. The molecule has 0 saturated carbocycles. The highest BCUT2D eigenvalue weighted by Crippen LogP contribution is 2.54. The van der Waals surface area contributed by atoms with E-state index in [0.717, 1.165) is 12.8 Å². The summed E-state index contributed by atoms with van der Waals surface area (Å²) < 4.78 is 0. The zero-order valence-corrected chi connectivity index (χ0v) is 16.4. The van der Waals surface area contributed by atoms with Crippen LogP contribution in [0.2, 0.25) is 0 Å². The summed E-state index contributed by atoms with van der Waals surface area (Å²) in [6, 6.07) is 6.62. The molecule has 0 spiro atoms. The van der Waals surface area contributed by atoms with Crippen molar-refractivity contribution in [3.63, 3.8) is 0 Å². The Labute approximate surface area is 152 Å². The van der Waals surface area contributed by atoms with E-state index in [-0.39, 0.29) is 10.8 Å². The maximum Gasteiger partial charge on any atom is 0.0450 e. The summed E-state index contributed by atoms with van der Waals surface area (Å²) in [4.78, 5) is 4.38. The van der Waals surface area contributed by atoms with Crippen LogP contribution in [0, 0.1) is 12.3 Å². The van der Waals surface area contributed by atoms with Gasteiger partial charge in [-0.25, -0.2) is 0 Å². The summed E-state index contributed by atoms with van der Waals surface area (Å²) in [5.74, 6) is 0. The Morgan fingerprint density at radius 1 is 1.12 bits per heavy atom. The molecule has 132 valence electrons. The largest absolute Gasteiger partial charge is 0.357 e. The van der Waals surface area contributed by atoms with E-state index in [1.54, 1.807) is 0 Å². The summed E-state index contributed by atoms with van der Waals surface area (Å²) in [7, 11) is 1.85. The number of benzene rings is 1. The molecule has 0 unspecified atom stereocenters. The molecule has 0 bridgehead atoms. The van der Waals surface area contributed by atoms with Crippen molar-refractivity contribution in [2.45, 2.75) is 52.9 Å². The molecule has 1 aromatic rings. The Morgan fingerprint density at radius 3 is 2.52 bits per heavy atom. The van der Waals surface area contributed by atoms with Crippen molar-refractivity contribution in [1.82, 2.24) is 0 Å². The van der Waals surface area contributed by atoms with Gasteiger partial charge in [0.15, 0.2) is 0 Å². The molecular formula is C23H30N2. The van der Waals surface area contributed by atoms with Crippen molar-refractivity contribution >= 4 is 11.9 Å². The number of allylic oxidation sites excluding steroid dienone is 6. The average Bonchev–Trinajstić information content (AvgIpc) is 2.58. The third-order valence-corrected chi connectivity index (χ3v) is 6.22. The molecule has 0 radical (unpaired) electrons. The van der Waals surface area contributed by atoms with Crippen molar-refractivity contribution < 1.29 is 0 Å². The Morgan fingerprint density at radius 2 is 1.88 bits per heavy atom. The fourth-order valence-electron chi connectivity index (χ4n) is 3.91. The van der Waals surface area contributed by atoms with Crippen LogP contribution >= 0.6 is 0 Å². The second kappa shape index (κ2) is 6.33. The first-order valence-corrected chi connectivity index (χ1v) is 9.22. The zero-order chi connectivity index (χ0) is 18.2. The van der Waals surface area contributed by atoms with Crippen molar-refractivity contribution in [2.75, 3.05) is 12.4 Å². The molecule has 0 amide bonds. The molecule has 1 aliphatic heterocycles. The molecule has 3 rings (SSSR count). The lowest BCUT2D eigenvalue weighted by Gasteiger charge is -2.50. The molecule has 0 atom stereocenters. The van der Waals surface area contributed by atoms with E-state index >= 15 is 0 Å². The number of fused-ring (bicyclic) bond motifs is 1. The van der Waals surface area contributed by atoms with E-state index in [1.165, 1.54) is 33.7 Å². The van der Waals surface area contributed by atoms with Crippen molar-refractivity contribution in [3.8, 4) is 0 Å². The molecule has 2 heteroatoms. The Bertz CT molecular complexity index is 801. The standard InChI is InChI=1S/C23H30N2/c1-16-11-10-14-19-20(16)25-21(23(4,5)22(19,2)3)18(15-24-6)17-12-8-7-9-13-17/h8,10-15,25H,7,9H2,1-6H3/b21-18+,24-15+. The lowest BCUT2D eigenvalue weighted by Crippen LogP contribution is -2.45. The molecule has 2 aliphatic rings. The third kappa shape index (κ3) is 2.78. The van der Waals surface area contributed by atoms with E-state index in [2.05, 4.69) is 81.4 Å². The number of nitrogens with zero attached hydrogens (tertiary/aromatic N) is 1. The van der Waals surface area contributed by atoms with Crippen molar-refractivity contribution in [1.29, 1.82) is 0 Å². The van der Waals surface area contributed by atoms with Gasteiger partial charge in [-0.05, 0) is 36.5 Å². The van der Waals surface area contributed by atoms with E-state index < -0.39 is 0 Å². The van der Waals surface area contributed by atoms with Crippen molar-refractivity contribution in [2.24, 2.45) is 10.4 Å². The number of hydrogen-bond acceptors (Lipinski definition) is 2. The molecule has 0 fully saturated rings. The smallest absolute Gasteiger partial charge is 0.0450 e. The predicted octanol–water partition coefficient (Wildman–Crippen LogP) is 5.96. The minimum Gasteiger partial charge on any atom is -0.357 e. The minimum atomic E-state index is -0.0452. The molecular weight excluding hydrogens is 304 g/mol. The summed E-state index contributed by atoms with van der Waals surface area (Å²) >= 11 is 0. The topological polar surface area (TPSA) is 24.4 Å². The quantitative estimate of drug-likeness (QED) is 0.663. The summed E-state index contributed by atoms with van der Waals surface area (Å²) in [6.45, 7) is 11.6. The third-order valence-electron chi connectivity index (χ3n) is 6.22. The lowest BCUT2D eigenvalue weighted by atomic mass is 9.59. The fraction of sp³-hybridized carbons (Fsp3) is 0.435. The van der Waals surface area contributed by atoms with Crippen LogP contribution in [0.3, 0.4) is 0 Å². The van der Waals surface area contributed by atoms with Gasteiger partial charge in [0.25, 0.3) is 0 Å². The van der Waals surface area contributed by atoms with E-state index in [4.69, 9.17) is 0 Å². The molecule has 2 nitrogen and oxygen atoms in total. The highest BCUT2D eigenvalue weighted by Gasteiger charge is 2.47. The number of hydrogen-bond donors (Lipinski definition) is 1. The predicted molar refractivity (Wildman–Crippen MR) is 110 cm³/mol. The Hall–Kier alpha value is -2.09. The van der Waals surface area contributed by atoms with Gasteiger partial charge in [-0.15, -0.1) is 0 Å². The van der Waals surface area contributed by atoms with Crippen LogP contribution < -0.4 is 5.32 Å². The summed E-state index contributed by atoms with van der Waals surface area (Å²) in [5.41, 5.74) is 7.66. The van der Waals surface area contributed by atoms with Crippen LogP contribution in [0.5, 0.6) is 0 Å². The highest BCUT2D eigenvalue weighted by molar-refractivity contribution is 5.89. The van der Waals surface area contributed by atoms with Gasteiger partial charge in [0, 0.05) is 41.0 Å². The fourth-order valence-corrected chi connectivity index (χ4v) is 3.91. The number of anilines is 1. The number of para-hydroxylation sites is 1. The van der Waals surface area contributed by atoms with E-state index in [1.807, 2.05) is 13.3 Å². The molecule has 1 aromatic carbocycles. The molecule has 0 saturated heterocycles. The van der Waals surface area contributed by atoms with Crippen LogP contribution in [0.4, 0.5) is 5.69 Å². The first kappa shape index (κ1) is 17.7. The van der Waals surface area contributed by atoms with Gasteiger partial charge < -0.3 is 5.32 Å². The number of aryl methyl sites for hydroxylation is 1. The van der Waals surface area contributed by atoms with Gasteiger partial charge in [-0.3, -0.25) is 4.99 Å².